The second-order valence-corrected chi connectivity index (χ2v) is 3.55. The maximum Gasteiger partial charge on any atom is 0.339 e. The van der Waals surface area contributed by atoms with Gasteiger partial charge in [-0.2, -0.15) is 10.2 Å². The smallest absolute Gasteiger partial charge is 0.339 e. The number of esters is 1. The number of ether oxygens (including phenoxy) is 1. The van der Waals surface area contributed by atoms with Crippen LogP contribution in [0, 0.1) is 0 Å². The van der Waals surface area contributed by atoms with Gasteiger partial charge in [0.05, 0.1) is 18.4 Å². The quantitative estimate of drug-likeness (QED) is 0.813. The van der Waals surface area contributed by atoms with E-state index in [-0.39, 0.29) is 12.1 Å². The van der Waals surface area contributed by atoms with E-state index in [0.717, 1.165) is 6.42 Å². The van der Waals surface area contributed by atoms with Crippen molar-refractivity contribution in [2.75, 3.05) is 12.4 Å². The van der Waals surface area contributed by atoms with Gasteiger partial charge in [-0.25, -0.2) is 4.79 Å². The van der Waals surface area contributed by atoms with Crippen molar-refractivity contribution < 1.29 is 9.53 Å². The molecular weight excluding hydrogens is 218 g/mol. The molecule has 0 bridgehead atoms. The number of para-hydroxylation sites is 1. The van der Waals surface area contributed by atoms with E-state index in [4.69, 9.17) is 4.74 Å². The molecule has 17 heavy (non-hydrogen) atoms. The van der Waals surface area contributed by atoms with Gasteiger partial charge in [0.2, 0.25) is 0 Å². The van der Waals surface area contributed by atoms with E-state index in [0.29, 0.717) is 11.3 Å². The van der Waals surface area contributed by atoms with E-state index in [1.165, 1.54) is 7.11 Å². The van der Waals surface area contributed by atoms with Crippen LogP contribution < -0.4 is 5.32 Å². The Labute approximate surface area is 99.2 Å². The van der Waals surface area contributed by atoms with Crippen molar-refractivity contribution in [1.29, 1.82) is 0 Å². The Hall–Kier alpha value is -2.17. The molecule has 88 valence electrons. The fraction of sp³-hybridized carbons (Fsp3) is 0.250. The molecule has 5 nitrogen and oxygen atoms in total. The molecule has 0 amide bonds. The van der Waals surface area contributed by atoms with Crippen molar-refractivity contribution in [3.05, 3.63) is 42.1 Å². The van der Waals surface area contributed by atoms with Crippen molar-refractivity contribution in [1.82, 2.24) is 0 Å². The van der Waals surface area contributed by atoms with Gasteiger partial charge in [0.1, 0.15) is 6.17 Å². The fourth-order valence-electron chi connectivity index (χ4n) is 1.57. The van der Waals surface area contributed by atoms with E-state index in [9.17, 15) is 4.79 Å². The largest absolute Gasteiger partial charge is 0.465 e. The summed E-state index contributed by atoms with van der Waals surface area (Å²) >= 11 is 0. The molecule has 0 aromatic heterocycles. The topological polar surface area (TPSA) is 63.0 Å². The van der Waals surface area contributed by atoms with Crippen LogP contribution in [0.5, 0.6) is 0 Å². The van der Waals surface area contributed by atoms with Gasteiger partial charge in [0.25, 0.3) is 0 Å². The molecule has 1 unspecified atom stereocenters. The zero-order valence-corrected chi connectivity index (χ0v) is 9.46. The highest BCUT2D eigenvalue weighted by molar-refractivity contribution is 5.95. The van der Waals surface area contributed by atoms with Crippen molar-refractivity contribution in [2.45, 2.75) is 12.6 Å². The molecule has 0 aliphatic carbocycles. The highest BCUT2D eigenvalue weighted by Crippen LogP contribution is 2.19. The van der Waals surface area contributed by atoms with Crippen LogP contribution in [0.4, 0.5) is 5.69 Å². The van der Waals surface area contributed by atoms with Gasteiger partial charge >= 0.3 is 5.97 Å². The van der Waals surface area contributed by atoms with Gasteiger partial charge in [-0.1, -0.05) is 18.2 Å². The van der Waals surface area contributed by atoms with Crippen LogP contribution in [-0.4, -0.2) is 19.2 Å². The first-order valence-electron chi connectivity index (χ1n) is 5.30. The number of nitrogens with one attached hydrogen (secondary N) is 1. The second kappa shape index (κ2) is 5.25. The molecule has 0 saturated heterocycles. The monoisotopic (exact) mass is 231 g/mol. The summed E-state index contributed by atoms with van der Waals surface area (Å²) in [7, 11) is 1.36. The standard InChI is InChI=1S/C12H13N3O2/c1-17-12(16)9-5-2-3-6-10(9)14-11-7-4-8-13-15-11/h2-6,8,11,14H,7H2,1H3. The third kappa shape index (κ3) is 2.69. The molecule has 1 atom stereocenters. The van der Waals surface area contributed by atoms with Gasteiger partial charge in [-0.3, -0.25) is 0 Å². The van der Waals surface area contributed by atoms with Crippen LogP contribution >= 0.6 is 0 Å². The van der Waals surface area contributed by atoms with Gasteiger partial charge in [0, 0.05) is 12.6 Å². The fourth-order valence-corrected chi connectivity index (χ4v) is 1.57. The van der Waals surface area contributed by atoms with Crippen LogP contribution in [0.15, 0.2) is 46.8 Å². The number of nitrogens with zero attached hydrogens (tertiary/aromatic N) is 2. The third-order valence-corrected chi connectivity index (χ3v) is 2.39. The van der Waals surface area contributed by atoms with E-state index in [1.807, 2.05) is 18.2 Å². The molecule has 1 aliphatic rings. The van der Waals surface area contributed by atoms with Crippen LogP contribution in [0.3, 0.4) is 0 Å². The SMILES string of the molecule is COC(=O)c1ccccc1NC1CC=CN=N1. The van der Waals surface area contributed by atoms with E-state index >= 15 is 0 Å². The summed E-state index contributed by atoms with van der Waals surface area (Å²) in [5.41, 5.74) is 1.21. The highest BCUT2D eigenvalue weighted by atomic mass is 16.5. The van der Waals surface area contributed by atoms with Crippen molar-refractivity contribution in [2.24, 2.45) is 10.2 Å². The first kappa shape index (κ1) is 11.3. The lowest BCUT2D eigenvalue weighted by Gasteiger charge is -2.16. The van der Waals surface area contributed by atoms with Crippen LogP contribution in [0.1, 0.15) is 16.8 Å². The number of hydrogen-bond acceptors (Lipinski definition) is 5. The molecule has 2 rings (SSSR count). The zero-order chi connectivity index (χ0) is 12.1. The van der Waals surface area contributed by atoms with Crippen LogP contribution in [-0.2, 0) is 4.74 Å². The number of carbonyl (C=O) groups excluding carboxylic acids is 1. The molecule has 1 aliphatic heterocycles. The predicted molar refractivity (Wildman–Crippen MR) is 63.8 cm³/mol. The summed E-state index contributed by atoms with van der Waals surface area (Å²) in [6.45, 7) is 0. The lowest BCUT2D eigenvalue weighted by atomic mass is 10.1. The van der Waals surface area contributed by atoms with Crippen molar-refractivity contribution >= 4 is 11.7 Å². The first-order chi connectivity index (χ1) is 8.31. The third-order valence-electron chi connectivity index (χ3n) is 2.39. The first-order valence-corrected chi connectivity index (χ1v) is 5.30. The number of carbonyl (C=O) groups is 1. The van der Waals surface area contributed by atoms with Crippen molar-refractivity contribution in [3.63, 3.8) is 0 Å². The number of rotatable bonds is 3. The van der Waals surface area contributed by atoms with Crippen LogP contribution in [0.25, 0.3) is 0 Å². The molecule has 1 N–H and O–H groups in total. The summed E-state index contributed by atoms with van der Waals surface area (Å²) in [6.07, 6.45) is 4.19. The average Bonchev–Trinajstić information content (AvgIpc) is 2.40. The number of azo groups is 1. The molecule has 0 radical (unpaired) electrons. The highest BCUT2D eigenvalue weighted by Gasteiger charge is 2.14. The Bertz CT molecular complexity index is 469. The zero-order valence-electron chi connectivity index (χ0n) is 9.46. The Morgan fingerprint density at radius 3 is 3.00 bits per heavy atom. The Morgan fingerprint density at radius 2 is 2.29 bits per heavy atom. The molecule has 1 heterocycles. The molecule has 0 spiro atoms. The lowest BCUT2D eigenvalue weighted by molar-refractivity contribution is 0.0602. The minimum atomic E-state index is -0.364. The maximum absolute atomic E-state index is 11.5. The van der Waals surface area contributed by atoms with Gasteiger partial charge in [-0.15, -0.1) is 0 Å². The minimum Gasteiger partial charge on any atom is -0.465 e. The normalized spacial score (nSPS) is 17.8. The average molecular weight is 231 g/mol. The Balaban J connectivity index is 2.17. The van der Waals surface area contributed by atoms with Gasteiger partial charge in [-0.05, 0) is 12.1 Å². The predicted octanol–water partition coefficient (Wildman–Crippen LogP) is 2.58. The summed E-state index contributed by atoms with van der Waals surface area (Å²) in [6, 6.07) is 7.17. The maximum atomic E-state index is 11.5. The molecule has 1 aromatic carbocycles. The molecule has 5 heteroatoms. The number of hydrogen-bond donors (Lipinski definition) is 1. The Kier molecular flexibility index (Phi) is 3.49. The van der Waals surface area contributed by atoms with Crippen LogP contribution in [0.2, 0.25) is 0 Å². The summed E-state index contributed by atoms with van der Waals surface area (Å²) in [5, 5.41) is 11.0. The summed E-state index contributed by atoms with van der Waals surface area (Å²) in [4.78, 5) is 11.5. The van der Waals surface area contributed by atoms with E-state index in [1.54, 1.807) is 18.3 Å². The summed E-state index contributed by atoms with van der Waals surface area (Å²) in [5.74, 6) is -0.364. The number of methoxy groups -OCH3 is 1. The van der Waals surface area contributed by atoms with E-state index in [2.05, 4.69) is 15.5 Å². The molecular formula is C12H13N3O2. The van der Waals surface area contributed by atoms with Gasteiger partial charge < -0.3 is 10.1 Å². The molecule has 0 saturated carbocycles. The number of benzene rings is 1. The molecule has 1 aromatic rings. The Morgan fingerprint density at radius 1 is 1.47 bits per heavy atom. The molecule has 0 fully saturated rings. The number of anilines is 1. The lowest BCUT2D eigenvalue weighted by Crippen LogP contribution is -2.19. The summed E-state index contributed by atoms with van der Waals surface area (Å²) < 4.78 is 4.72. The minimum absolute atomic E-state index is 0.134. The van der Waals surface area contributed by atoms with Crippen molar-refractivity contribution in [3.8, 4) is 0 Å². The van der Waals surface area contributed by atoms with Gasteiger partial charge in [0.15, 0.2) is 0 Å². The second-order valence-electron chi connectivity index (χ2n) is 3.55. The van der Waals surface area contributed by atoms with E-state index < -0.39 is 0 Å².